The largest absolute Gasteiger partial charge is 0.347 e. The normalized spacial score (nSPS) is 11.0. The summed E-state index contributed by atoms with van der Waals surface area (Å²) in [7, 11) is 1.78. The topological polar surface area (TPSA) is 61.4 Å². The average Bonchev–Trinajstić information content (AvgIpc) is 2.61. The van der Waals surface area contributed by atoms with Crippen LogP contribution in [-0.4, -0.2) is 36.0 Å². The summed E-state index contributed by atoms with van der Waals surface area (Å²) in [4.78, 5) is 26.1. The molecule has 0 aliphatic rings. The van der Waals surface area contributed by atoms with Crippen molar-refractivity contribution in [2.45, 2.75) is 39.2 Å². The third kappa shape index (κ3) is 7.13. The molecule has 0 aliphatic heterocycles. The van der Waals surface area contributed by atoms with Gasteiger partial charge in [-0.05, 0) is 63.4 Å². The molecule has 27 heavy (non-hydrogen) atoms. The Morgan fingerprint density at radius 3 is 2.19 bits per heavy atom. The molecule has 0 radical (unpaired) electrons. The van der Waals surface area contributed by atoms with E-state index in [2.05, 4.69) is 22.8 Å². The van der Waals surface area contributed by atoms with Crippen molar-refractivity contribution >= 4 is 17.6 Å². The highest BCUT2D eigenvalue weighted by atomic mass is 16.2. The zero-order chi connectivity index (χ0) is 19.9. The summed E-state index contributed by atoms with van der Waals surface area (Å²) in [5, 5.41) is 5.78. The van der Waals surface area contributed by atoms with E-state index in [1.54, 1.807) is 36.2 Å². The van der Waals surface area contributed by atoms with Crippen LogP contribution in [0.1, 0.15) is 43.1 Å². The van der Waals surface area contributed by atoms with Crippen molar-refractivity contribution < 1.29 is 9.59 Å². The molecule has 0 saturated carbocycles. The van der Waals surface area contributed by atoms with Crippen LogP contribution in [-0.2, 0) is 6.42 Å². The summed E-state index contributed by atoms with van der Waals surface area (Å²) in [6, 6.07) is 17.0. The van der Waals surface area contributed by atoms with E-state index in [-0.39, 0.29) is 17.5 Å². The number of anilines is 1. The van der Waals surface area contributed by atoms with Crippen LogP contribution in [0.25, 0.3) is 0 Å². The first kappa shape index (κ1) is 20.5. The predicted molar refractivity (Wildman–Crippen MR) is 110 cm³/mol. The number of nitrogens with one attached hydrogen (secondary N) is 2. The van der Waals surface area contributed by atoms with Crippen molar-refractivity contribution in [1.82, 2.24) is 10.2 Å². The number of hydrogen-bond donors (Lipinski definition) is 2. The molecule has 0 bridgehead atoms. The molecule has 3 amide bonds. The monoisotopic (exact) mass is 367 g/mol. The van der Waals surface area contributed by atoms with E-state index >= 15 is 0 Å². The Hall–Kier alpha value is -2.82. The summed E-state index contributed by atoms with van der Waals surface area (Å²) in [6.45, 7) is 6.49. The standard InChI is InChI=1S/C22H29N3O2/c1-22(2,3)24-20(26)18-12-14-19(15-13-18)23-21(27)25(4)16-8-11-17-9-6-5-7-10-17/h5-7,9-10,12-15H,8,11,16H2,1-4H3,(H,23,27)(H,24,26). The molecular weight excluding hydrogens is 338 g/mol. The molecule has 2 aromatic rings. The molecule has 2 rings (SSSR count). The number of urea groups is 1. The molecule has 5 nitrogen and oxygen atoms in total. The smallest absolute Gasteiger partial charge is 0.321 e. The third-order valence-electron chi connectivity index (χ3n) is 4.04. The van der Waals surface area contributed by atoms with Crippen LogP contribution >= 0.6 is 0 Å². The minimum atomic E-state index is -0.285. The van der Waals surface area contributed by atoms with Gasteiger partial charge in [0.2, 0.25) is 0 Å². The number of rotatable bonds is 6. The van der Waals surface area contributed by atoms with Crippen LogP contribution in [0.4, 0.5) is 10.5 Å². The second kappa shape index (κ2) is 9.21. The summed E-state index contributed by atoms with van der Waals surface area (Å²) < 4.78 is 0. The Balaban J connectivity index is 1.81. The zero-order valence-electron chi connectivity index (χ0n) is 16.6. The predicted octanol–water partition coefficient (Wildman–Crippen LogP) is 4.31. The van der Waals surface area contributed by atoms with Gasteiger partial charge in [0, 0.05) is 30.4 Å². The van der Waals surface area contributed by atoms with Gasteiger partial charge in [-0.2, -0.15) is 0 Å². The Kier molecular flexibility index (Phi) is 6.99. The van der Waals surface area contributed by atoms with Gasteiger partial charge in [0.05, 0.1) is 0 Å². The van der Waals surface area contributed by atoms with Crippen LogP contribution in [0.5, 0.6) is 0 Å². The molecule has 0 spiro atoms. The number of aryl methyl sites for hydroxylation is 1. The van der Waals surface area contributed by atoms with E-state index in [4.69, 9.17) is 0 Å². The van der Waals surface area contributed by atoms with Gasteiger partial charge in [-0.3, -0.25) is 4.79 Å². The van der Waals surface area contributed by atoms with Gasteiger partial charge in [0.1, 0.15) is 0 Å². The Labute approximate surface area is 161 Å². The van der Waals surface area contributed by atoms with E-state index in [0.717, 1.165) is 12.8 Å². The molecule has 2 aromatic carbocycles. The lowest BCUT2D eigenvalue weighted by atomic mass is 10.1. The van der Waals surface area contributed by atoms with Crippen LogP contribution in [0.15, 0.2) is 54.6 Å². The lowest BCUT2D eigenvalue weighted by Gasteiger charge is -2.20. The fraction of sp³-hybridized carbons (Fsp3) is 0.364. The first-order valence-electron chi connectivity index (χ1n) is 9.23. The third-order valence-corrected chi connectivity index (χ3v) is 4.04. The number of carbonyl (C=O) groups is 2. The maximum Gasteiger partial charge on any atom is 0.321 e. The van der Waals surface area contributed by atoms with Crippen molar-refractivity contribution in [3.05, 3.63) is 65.7 Å². The Morgan fingerprint density at radius 1 is 0.963 bits per heavy atom. The van der Waals surface area contributed by atoms with Gasteiger partial charge in [-0.1, -0.05) is 30.3 Å². The molecule has 0 atom stereocenters. The van der Waals surface area contributed by atoms with Crippen molar-refractivity contribution in [3.63, 3.8) is 0 Å². The Morgan fingerprint density at radius 2 is 1.59 bits per heavy atom. The van der Waals surface area contributed by atoms with Gasteiger partial charge in [0.15, 0.2) is 0 Å². The summed E-state index contributed by atoms with van der Waals surface area (Å²) in [5.41, 5.74) is 2.23. The molecule has 5 heteroatoms. The molecule has 0 heterocycles. The van der Waals surface area contributed by atoms with Crippen LogP contribution < -0.4 is 10.6 Å². The van der Waals surface area contributed by atoms with Crippen LogP contribution in [0.2, 0.25) is 0 Å². The van der Waals surface area contributed by atoms with Gasteiger partial charge >= 0.3 is 6.03 Å². The highest BCUT2D eigenvalue weighted by Crippen LogP contribution is 2.12. The SMILES string of the molecule is CN(CCCc1ccccc1)C(=O)Nc1ccc(C(=O)NC(C)(C)C)cc1. The molecule has 0 aliphatic carbocycles. The van der Waals surface area contributed by atoms with E-state index in [0.29, 0.717) is 17.8 Å². The summed E-state index contributed by atoms with van der Waals surface area (Å²) >= 11 is 0. The van der Waals surface area contributed by atoms with E-state index < -0.39 is 0 Å². The van der Waals surface area contributed by atoms with Crippen molar-refractivity contribution in [2.24, 2.45) is 0 Å². The number of nitrogens with zero attached hydrogens (tertiary/aromatic N) is 1. The van der Waals surface area contributed by atoms with Crippen molar-refractivity contribution in [3.8, 4) is 0 Å². The molecular formula is C22H29N3O2. The quantitative estimate of drug-likeness (QED) is 0.799. The maximum atomic E-state index is 12.3. The van der Waals surface area contributed by atoms with Gasteiger partial charge < -0.3 is 15.5 Å². The Bertz CT molecular complexity index is 749. The highest BCUT2D eigenvalue weighted by molar-refractivity contribution is 5.95. The van der Waals surface area contributed by atoms with Gasteiger partial charge in [-0.15, -0.1) is 0 Å². The second-order valence-electron chi connectivity index (χ2n) is 7.72. The van der Waals surface area contributed by atoms with E-state index in [9.17, 15) is 9.59 Å². The highest BCUT2D eigenvalue weighted by Gasteiger charge is 2.15. The van der Waals surface area contributed by atoms with Crippen molar-refractivity contribution in [2.75, 3.05) is 18.9 Å². The first-order valence-corrected chi connectivity index (χ1v) is 9.23. The summed E-state index contributed by atoms with van der Waals surface area (Å²) in [6.07, 6.45) is 1.84. The van der Waals surface area contributed by atoms with Gasteiger partial charge in [0.25, 0.3) is 5.91 Å². The first-order chi connectivity index (χ1) is 12.7. The molecule has 0 unspecified atom stereocenters. The molecule has 0 aromatic heterocycles. The lowest BCUT2D eigenvalue weighted by Crippen LogP contribution is -2.40. The lowest BCUT2D eigenvalue weighted by molar-refractivity contribution is 0.0919. The van der Waals surface area contributed by atoms with E-state index in [1.165, 1.54) is 5.56 Å². The number of benzene rings is 2. The molecule has 0 fully saturated rings. The number of hydrogen-bond acceptors (Lipinski definition) is 2. The fourth-order valence-corrected chi connectivity index (χ4v) is 2.60. The molecule has 0 saturated heterocycles. The molecule has 144 valence electrons. The minimum Gasteiger partial charge on any atom is -0.347 e. The average molecular weight is 367 g/mol. The van der Waals surface area contributed by atoms with Crippen LogP contribution in [0, 0.1) is 0 Å². The fourth-order valence-electron chi connectivity index (χ4n) is 2.60. The second-order valence-corrected chi connectivity index (χ2v) is 7.72. The van der Waals surface area contributed by atoms with Crippen molar-refractivity contribution in [1.29, 1.82) is 0 Å². The summed E-state index contributed by atoms with van der Waals surface area (Å²) in [5.74, 6) is -0.126. The number of carbonyl (C=O) groups excluding carboxylic acids is 2. The number of amides is 3. The van der Waals surface area contributed by atoms with Gasteiger partial charge in [-0.25, -0.2) is 4.79 Å². The van der Waals surface area contributed by atoms with Crippen LogP contribution in [0.3, 0.4) is 0 Å². The van der Waals surface area contributed by atoms with E-state index in [1.807, 2.05) is 39.0 Å². The molecule has 2 N–H and O–H groups in total. The maximum absolute atomic E-state index is 12.3. The zero-order valence-corrected chi connectivity index (χ0v) is 16.6. The minimum absolute atomic E-state index is 0.126.